The van der Waals surface area contributed by atoms with E-state index in [1.165, 1.54) is 31.1 Å². The summed E-state index contributed by atoms with van der Waals surface area (Å²) in [4.78, 5) is 81.5. The number of fused-ring (bicyclic) bond motifs is 3. The van der Waals surface area contributed by atoms with E-state index >= 15 is 4.39 Å². The molecule has 1 aliphatic carbocycles. The summed E-state index contributed by atoms with van der Waals surface area (Å²) >= 11 is 0. The van der Waals surface area contributed by atoms with Crippen molar-refractivity contribution in [3.8, 4) is 11.1 Å². The standard InChI is InChI=1S/C43H52FN5O8/c1-24(2)35(40(52)47-36(25(3)4)42(54)56-6)46-39(51)33-21-14-22-49(33)41(53)37(34(44)27-15-8-7-9-16-27)48-38(50)26(5)45-43(55)57-23-32-30-19-12-10-17-28(30)29-18-11-13-20-31(29)32/h7-13,15-20,24-26,32-37H,14,21-23H2,1-6H3,(H,45,55)(H,46,51)(H,47,52)(H,48,50)/t26-,33-,34?,35-,36-,37-/m0/s1. The maximum atomic E-state index is 16.4. The van der Waals surface area contributed by atoms with Gasteiger partial charge in [-0.25, -0.2) is 14.0 Å². The number of hydrogen-bond acceptors (Lipinski definition) is 8. The molecule has 1 unspecified atom stereocenters. The highest BCUT2D eigenvalue weighted by Gasteiger charge is 2.43. The van der Waals surface area contributed by atoms with Crippen LogP contribution in [0.5, 0.6) is 0 Å². The van der Waals surface area contributed by atoms with Crippen LogP contribution in [-0.4, -0.2) is 91.1 Å². The van der Waals surface area contributed by atoms with Crippen molar-refractivity contribution in [3.05, 3.63) is 95.6 Å². The maximum Gasteiger partial charge on any atom is 0.407 e. The van der Waals surface area contributed by atoms with E-state index in [1.807, 2.05) is 48.5 Å². The minimum atomic E-state index is -2.02. The van der Waals surface area contributed by atoms with Crippen LogP contribution in [0.1, 0.15) is 76.2 Å². The van der Waals surface area contributed by atoms with E-state index in [0.29, 0.717) is 6.42 Å². The summed E-state index contributed by atoms with van der Waals surface area (Å²) in [7, 11) is 1.22. The molecule has 6 atom stereocenters. The first kappa shape index (κ1) is 42.4. The van der Waals surface area contributed by atoms with Crippen molar-refractivity contribution in [2.24, 2.45) is 11.8 Å². The number of hydrogen-bond donors (Lipinski definition) is 4. The number of carbonyl (C=O) groups excluding carboxylic acids is 6. The number of alkyl carbamates (subject to hydrolysis) is 1. The molecule has 5 amide bonds. The minimum Gasteiger partial charge on any atom is -0.467 e. The van der Waals surface area contributed by atoms with Crippen LogP contribution >= 0.6 is 0 Å². The molecule has 304 valence electrons. The Morgan fingerprint density at radius 1 is 0.719 bits per heavy atom. The number of methoxy groups -OCH3 is 1. The summed E-state index contributed by atoms with van der Waals surface area (Å²) in [6.07, 6.45) is -2.26. The van der Waals surface area contributed by atoms with Crippen molar-refractivity contribution in [3.63, 3.8) is 0 Å². The lowest BCUT2D eigenvalue weighted by atomic mass is 9.98. The monoisotopic (exact) mass is 785 g/mol. The van der Waals surface area contributed by atoms with Crippen LogP contribution in [0.3, 0.4) is 0 Å². The minimum absolute atomic E-state index is 0.0111. The van der Waals surface area contributed by atoms with Gasteiger partial charge in [-0.05, 0) is 59.4 Å². The second-order valence-corrected chi connectivity index (χ2v) is 15.2. The van der Waals surface area contributed by atoms with Gasteiger partial charge in [0.05, 0.1) is 7.11 Å². The topological polar surface area (TPSA) is 172 Å². The van der Waals surface area contributed by atoms with E-state index in [2.05, 4.69) is 21.3 Å². The molecule has 3 aromatic rings. The number of likely N-dealkylation sites (tertiary alicyclic amines) is 1. The van der Waals surface area contributed by atoms with Crippen LogP contribution in [0.4, 0.5) is 9.18 Å². The van der Waals surface area contributed by atoms with E-state index in [0.717, 1.165) is 22.3 Å². The zero-order chi connectivity index (χ0) is 41.4. The third-order valence-electron chi connectivity index (χ3n) is 10.6. The van der Waals surface area contributed by atoms with Gasteiger partial charge in [0.25, 0.3) is 0 Å². The normalized spacial score (nSPS) is 17.4. The molecule has 1 saturated heterocycles. The lowest BCUT2D eigenvalue weighted by molar-refractivity contribution is -0.147. The maximum absolute atomic E-state index is 16.4. The molecular formula is C43H52FN5O8. The first-order chi connectivity index (χ1) is 27.2. The molecule has 1 heterocycles. The van der Waals surface area contributed by atoms with Crippen molar-refractivity contribution in [2.45, 2.75) is 89.8 Å². The summed E-state index contributed by atoms with van der Waals surface area (Å²) in [5.41, 5.74) is 4.27. The Kier molecular flexibility index (Phi) is 14.0. The first-order valence-corrected chi connectivity index (χ1v) is 19.3. The van der Waals surface area contributed by atoms with Crippen LogP contribution in [0.2, 0.25) is 0 Å². The van der Waals surface area contributed by atoms with Gasteiger partial charge in [-0.3, -0.25) is 19.2 Å². The second-order valence-electron chi connectivity index (χ2n) is 15.2. The van der Waals surface area contributed by atoms with Crippen molar-refractivity contribution in [1.29, 1.82) is 0 Å². The summed E-state index contributed by atoms with van der Waals surface area (Å²) in [5, 5.41) is 10.4. The average molecular weight is 786 g/mol. The van der Waals surface area contributed by atoms with Gasteiger partial charge in [0.2, 0.25) is 23.6 Å². The van der Waals surface area contributed by atoms with Crippen LogP contribution in [0, 0.1) is 11.8 Å². The molecule has 0 saturated carbocycles. The number of alkyl halides is 1. The fraction of sp³-hybridized carbons (Fsp3) is 0.442. The van der Waals surface area contributed by atoms with Crippen LogP contribution in [0.15, 0.2) is 78.9 Å². The van der Waals surface area contributed by atoms with Crippen LogP contribution < -0.4 is 21.3 Å². The Morgan fingerprint density at radius 2 is 1.28 bits per heavy atom. The number of rotatable bonds is 15. The second kappa shape index (κ2) is 18.9. The number of benzene rings is 3. The van der Waals surface area contributed by atoms with Crippen molar-refractivity contribution in [2.75, 3.05) is 20.3 Å². The number of esters is 1. The molecule has 1 aliphatic heterocycles. The number of ether oxygens (including phenoxy) is 2. The Balaban J connectivity index is 1.26. The zero-order valence-corrected chi connectivity index (χ0v) is 33.1. The summed E-state index contributed by atoms with van der Waals surface area (Å²) in [6, 6.07) is 17.5. The van der Waals surface area contributed by atoms with Crippen LogP contribution in [0.25, 0.3) is 11.1 Å². The number of halogens is 1. The van der Waals surface area contributed by atoms with Gasteiger partial charge in [0, 0.05) is 12.5 Å². The molecule has 2 aliphatic rings. The molecule has 0 spiro atoms. The molecule has 5 rings (SSSR count). The lowest BCUT2D eigenvalue weighted by Gasteiger charge is -2.32. The fourth-order valence-electron chi connectivity index (χ4n) is 7.38. The van der Waals surface area contributed by atoms with E-state index in [-0.39, 0.29) is 37.0 Å². The van der Waals surface area contributed by atoms with Gasteiger partial charge in [-0.1, -0.05) is 107 Å². The Hall–Kier alpha value is -5.79. The van der Waals surface area contributed by atoms with Gasteiger partial charge in [-0.2, -0.15) is 0 Å². The number of nitrogens with one attached hydrogen (secondary N) is 4. The van der Waals surface area contributed by atoms with Crippen molar-refractivity contribution >= 4 is 35.7 Å². The highest BCUT2D eigenvalue weighted by molar-refractivity contribution is 5.96. The van der Waals surface area contributed by atoms with E-state index in [4.69, 9.17) is 9.47 Å². The van der Waals surface area contributed by atoms with Crippen molar-refractivity contribution < 1.29 is 42.6 Å². The third kappa shape index (κ3) is 9.78. The highest BCUT2D eigenvalue weighted by atomic mass is 19.1. The fourth-order valence-corrected chi connectivity index (χ4v) is 7.38. The molecule has 0 radical (unpaired) electrons. The summed E-state index contributed by atoms with van der Waals surface area (Å²) in [6.45, 7) is 8.43. The Bertz CT molecular complexity index is 1900. The van der Waals surface area contributed by atoms with Gasteiger partial charge in [-0.15, -0.1) is 0 Å². The SMILES string of the molecule is COC(=O)[C@@H](NC(=O)[C@@H](NC(=O)[C@@H]1CCCN1C(=O)[C@@H](NC(=O)[C@H](C)NC(=O)OCC1c2ccccc2-c2ccccc21)C(F)c1ccccc1)C(C)C)C(C)C. The molecule has 57 heavy (non-hydrogen) atoms. The van der Waals surface area contributed by atoms with Crippen molar-refractivity contribution in [1.82, 2.24) is 26.2 Å². The third-order valence-corrected chi connectivity index (χ3v) is 10.6. The average Bonchev–Trinajstić information content (AvgIpc) is 3.83. The predicted molar refractivity (Wildman–Crippen MR) is 210 cm³/mol. The molecule has 0 bridgehead atoms. The molecule has 14 heteroatoms. The van der Waals surface area contributed by atoms with E-state index in [1.54, 1.807) is 45.9 Å². The van der Waals surface area contributed by atoms with Gasteiger partial charge in [0.1, 0.15) is 36.8 Å². The summed E-state index contributed by atoms with van der Waals surface area (Å²) < 4.78 is 26.8. The lowest BCUT2D eigenvalue weighted by Crippen LogP contribution is -2.60. The number of nitrogens with zero attached hydrogens (tertiary/aromatic N) is 1. The smallest absolute Gasteiger partial charge is 0.407 e. The Labute approximate surface area is 332 Å². The molecule has 13 nitrogen and oxygen atoms in total. The number of amides is 5. The highest BCUT2D eigenvalue weighted by Crippen LogP contribution is 2.44. The molecular weight excluding hydrogens is 733 g/mol. The summed E-state index contributed by atoms with van der Waals surface area (Å²) in [5.74, 6) is -4.47. The quantitative estimate of drug-likeness (QED) is 0.163. The molecule has 3 aromatic carbocycles. The molecule has 1 fully saturated rings. The largest absolute Gasteiger partial charge is 0.467 e. The van der Waals surface area contributed by atoms with Gasteiger partial charge in [0.15, 0.2) is 6.17 Å². The van der Waals surface area contributed by atoms with Gasteiger partial charge < -0.3 is 35.6 Å². The Morgan fingerprint density at radius 3 is 1.86 bits per heavy atom. The zero-order valence-electron chi connectivity index (χ0n) is 33.1. The van der Waals surface area contributed by atoms with Crippen LogP contribution in [-0.2, 0) is 33.4 Å². The van der Waals surface area contributed by atoms with Gasteiger partial charge >= 0.3 is 12.1 Å². The molecule has 4 N–H and O–H groups in total. The molecule has 0 aromatic heterocycles. The predicted octanol–water partition coefficient (Wildman–Crippen LogP) is 4.55. The van der Waals surface area contributed by atoms with E-state index in [9.17, 15) is 28.8 Å². The number of carbonyl (C=O) groups is 6. The van der Waals surface area contributed by atoms with E-state index < -0.39 is 78.0 Å². The first-order valence-electron chi connectivity index (χ1n) is 19.3.